The summed E-state index contributed by atoms with van der Waals surface area (Å²) in [7, 11) is -2.49. The Bertz CT molecular complexity index is 383. The van der Waals surface area contributed by atoms with Crippen LogP contribution in [-0.4, -0.2) is 19.3 Å². The normalized spacial score (nSPS) is 19.4. The Morgan fingerprint density at radius 2 is 2.00 bits per heavy atom. The van der Waals surface area contributed by atoms with E-state index in [-0.39, 0.29) is 56.2 Å². The van der Waals surface area contributed by atoms with Gasteiger partial charge in [-0.2, -0.15) is 8.42 Å². The number of carbonyl (C=O) groups is 1. The monoisotopic (exact) mass is 224 g/mol. The maximum Gasteiger partial charge on any atom is 1.00 e. The maximum absolute atomic E-state index is 10.5. The number of aliphatic carboxylic acids is 1. The van der Waals surface area contributed by atoms with Crippen molar-refractivity contribution in [1.82, 2.24) is 0 Å². The van der Waals surface area contributed by atoms with Gasteiger partial charge in [-0.15, -0.1) is 0 Å². The molecule has 0 aromatic carbocycles. The number of carbonyl (C=O) groups excluding carboxylic acids is 1. The standard InChI is InChI=1S/C7H6O4S.K/c8-7(9)5-3-1-2-4-6(5)12(10)11;/h1-5H,(H,8,9);/q;+1/p-1. The topological polar surface area (TPSA) is 74.3 Å². The first-order valence-corrected chi connectivity index (χ1v) is 4.22. The fourth-order valence-electron chi connectivity index (χ4n) is 0.878. The van der Waals surface area contributed by atoms with Crippen molar-refractivity contribution in [1.29, 1.82) is 0 Å². The number of carboxylic acids is 1. The molecule has 0 heterocycles. The van der Waals surface area contributed by atoms with Crippen LogP contribution in [-0.2, 0) is 15.1 Å². The molecule has 1 rings (SSSR count). The van der Waals surface area contributed by atoms with E-state index < -0.39 is 22.2 Å². The molecule has 0 spiro atoms. The van der Waals surface area contributed by atoms with E-state index in [2.05, 4.69) is 0 Å². The van der Waals surface area contributed by atoms with Crippen molar-refractivity contribution in [3.05, 3.63) is 24.3 Å². The molecule has 6 heteroatoms. The zero-order valence-electron chi connectivity index (χ0n) is 6.93. The molecule has 0 aliphatic heterocycles. The van der Waals surface area contributed by atoms with E-state index in [1.54, 1.807) is 0 Å². The Morgan fingerprint density at radius 1 is 1.38 bits per heavy atom. The average Bonchev–Trinajstić information content (AvgIpc) is 2.04. The quantitative estimate of drug-likeness (QED) is 0.332. The van der Waals surface area contributed by atoms with Gasteiger partial charge in [0.05, 0.1) is 16.8 Å². The van der Waals surface area contributed by atoms with Gasteiger partial charge < -0.3 is 9.90 Å². The summed E-state index contributed by atoms with van der Waals surface area (Å²) in [6, 6.07) is 0. The van der Waals surface area contributed by atoms with Gasteiger partial charge in [-0.25, -0.2) is 0 Å². The second-order valence-corrected chi connectivity index (χ2v) is 3.12. The molecule has 0 N–H and O–H groups in total. The number of hydrogen-bond donors (Lipinski definition) is 0. The predicted molar refractivity (Wildman–Crippen MR) is 40.7 cm³/mol. The van der Waals surface area contributed by atoms with Gasteiger partial charge >= 0.3 is 51.4 Å². The van der Waals surface area contributed by atoms with E-state index in [1.165, 1.54) is 24.3 Å². The van der Waals surface area contributed by atoms with Crippen molar-refractivity contribution in [2.45, 2.75) is 0 Å². The molecule has 0 fully saturated rings. The minimum Gasteiger partial charge on any atom is -0.549 e. The first-order valence-electron chi connectivity index (χ1n) is 3.15. The second-order valence-electron chi connectivity index (χ2n) is 2.18. The van der Waals surface area contributed by atoms with Gasteiger partial charge in [-0.3, -0.25) is 0 Å². The zero-order valence-corrected chi connectivity index (χ0v) is 10.9. The van der Waals surface area contributed by atoms with E-state index in [1.807, 2.05) is 0 Å². The van der Waals surface area contributed by atoms with Crippen molar-refractivity contribution < 1.29 is 69.7 Å². The summed E-state index contributed by atoms with van der Waals surface area (Å²) in [6.45, 7) is 0. The Morgan fingerprint density at radius 3 is 2.38 bits per heavy atom. The van der Waals surface area contributed by atoms with E-state index in [0.29, 0.717) is 0 Å². The van der Waals surface area contributed by atoms with Gasteiger partial charge in [0.15, 0.2) is 0 Å². The average molecular weight is 224 g/mol. The molecular weight excluding hydrogens is 219 g/mol. The van der Waals surface area contributed by atoms with Crippen LogP contribution >= 0.6 is 0 Å². The van der Waals surface area contributed by atoms with Crippen LogP contribution in [0.4, 0.5) is 0 Å². The van der Waals surface area contributed by atoms with Crippen molar-refractivity contribution in [2.75, 3.05) is 0 Å². The third kappa shape index (κ3) is 3.49. The van der Waals surface area contributed by atoms with Crippen LogP contribution in [0, 0.1) is 5.92 Å². The van der Waals surface area contributed by atoms with Crippen molar-refractivity contribution in [2.24, 2.45) is 5.92 Å². The summed E-state index contributed by atoms with van der Waals surface area (Å²) in [5, 5.41) is 10.4. The van der Waals surface area contributed by atoms with E-state index in [0.717, 1.165) is 0 Å². The molecule has 1 atom stereocenters. The number of hydrogen-bond acceptors (Lipinski definition) is 4. The minimum absolute atomic E-state index is 0. The van der Waals surface area contributed by atoms with Crippen LogP contribution in [0.1, 0.15) is 0 Å². The van der Waals surface area contributed by atoms with Crippen molar-refractivity contribution in [3.63, 3.8) is 0 Å². The van der Waals surface area contributed by atoms with Gasteiger partial charge in [-0.05, 0) is 6.08 Å². The molecular formula is C7H5KO4S. The van der Waals surface area contributed by atoms with Crippen LogP contribution in [0.2, 0.25) is 0 Å². The van der Waals surface area contributed by atoms with Crippen LogP contribution in [0.15, 0.2) is 24.3 Å². The Kier molecular flexibility index (Phi) is 6.02. The van der Waals surface area contributed by atoms with Crippen LogP contribution in [0.5, 0.6) is 0 Å². The third-order valence-corrected chi connectivity index (χ3v) is 2.20. The van der Waals surface area contributed by atoms with Gasteiger partial charge in [-0.1, -0.05) is 18.2 Å². The van der Waals surface area contributed by atoms with E-state index in [9.17, 15) is 18.3 Å². The van der Waals surface area contributed by atoms with Gasteiger partial charge in [0.2, 0.25) is 10.3 Å². The Balaban J connectivity index is 0.00000144. The molecule has 1 unspecified atom stereocenters. The van der Waals surface area contributed by atoms with E-state index in [4.69, 9.17) is 0 Å². The molecule has 1 aliphatic carbocycles. The number of carboxylic acid groups (broad SMARTS) is 1. The van der Waals surface area contributed by atoms with Crippen LogP contribution in [0.3, 0.4) is 0 Å². The Hall–Kier alpha value is 0.276. The van der Waals surface area contributed by atoms with Gasteiger partial charge in [0, 0.05) is 0 Å². The van der Waals surface area contributed by atoms with Gasteiger partial charge in [0.25, 0.3) is 0 Å². The fraction of sp³-hybridized carbons (Fsp3) is 0.143. The van der Waals surface area contributed by atoms with E-state index >= 15 is 0 Å². The minimum atomic E-state index is -2.49. The molecule has 0 saturated carbocycles. The molecule has 0 radical (unpaired) electrons. The van der Waals surface area contributed by atoms with Crippen LogP contribution < -0.4 is 56.5 Å². The second kappa shape index (κ2) is 5.89. The molecule has 4 nitrogen and oxygen atoms in total. The Labute approximate surface area is 119 Å². The molecule has 0 bridgehead atoms. The van der Waals surface area contributed by atoms with Crippen LogP contribution in [0.25, 0.3) is 0 Å². The first-order chi connectivity index (χ1) is 5.63. The predicted octanol–water partition coefficient (Wildman–Crippen LogP) is -4.47. The number of allylic oxidation sites excluding steroid dienone is 3. The molecule has 0 aromatic heterocycles. The van der Waals surface area contributed by atoms with Gasteiger partial charge in [0.1, 0.15) is 0 Å². The largest absolute Gasteiger partial charge is 1.00 e. The smallest absolute Gasteiger partial charge is 0.549 e. The summed E-state index contributed by atoms with van der Waals surface area (Å²) in [6.07, 6.45) is 5.44. The fourth-order valence-corrected chi connectivity index (χ4v) is 1.45. The molecule has 64 valence electrons. The molecule has 13 heavy (non-hydrogen) atoms. The third-order valence-electron chi connectivity index (χ3n) is 1.43. The molecule has 0 aromatic rings. The number of rotatable bonds is 1. The SMILES string of the molecule is O=C([O-])C1C=CC=CC1=S(=O)=O.[K+]. The molecule has 0 amide bonds. The maximum atomic E-state index is 10.5. The summed E-state index contributed by atoms with van der Waals surface area (Å²) >= 11 is 0. The summed E-state index contributed by atoms with van der Waals surface area (Å²) in [4.78, 5) is 10.2. The first kappa shape index (κ1) is 13.3. The molecule has 0 saturated heterocycles. The van der Waals surface area contributed by atoms with Crippen molar-refractivity contribution >= 4 is 21.1 Å². The zero-order chi connectivity index (χ0) is 9.14. The summed E-state index contributed by atoms with van der Waals surface area (Å²) in [5.41, 5.74) is 0. The molecule has 1 aliphatic rings. The summed E-state index contributed by atoms with van der Waals surface area (Å²) in [5.74, 6) is -2.55. The summed E-state index contributed by atoms with van der Waals surface area (Å²) < 4.78 is 20.9. The van der Waals surface area contributed by atoms with Crippen molar-refractivity contribution in [3.8, 4) is 0 Å².